The Bertz CT molecular complexity index is 756. The van der Waals surface area contributed by atoms with Gasteiger partial charge in [0, 0.05) is 30.3 Å². The van der Waals surface area contributed by atoms with Crippen molar-refractivity contribution < 1.29 is 9.47 Å². The van der Waals surface area contributed by atoms with Crippen LogP contribution in [0.1, 0.15) is 37.8 Å². The van der Waals surface area contributed by atoms with Crippen LogP contribution in [0.4, 0.5) is 5.69 Å². The fraction of sp³-hybridized carbons (Fsp3) is 0.474. The first-order valence-corrected chi connectivity index (χ1v) is 8.68. The van der Waals surface area contributed by atoms with Crippen molar-refractivity contribution in [3.63, 3.8) is 0 Å². The molecule has 2 rings (SSSR count). The van der Waals surface area contributed by atoms with Crippen LogP contribution in [-0.4, -0.2) is 24.0 Å². The summed E-state index contributed by atoms with van der Waals surface area (Å²) in [7, 11) is 3.26. The Balaban J connectivity index is 2.25. The molecule has 0 fully saturated rings. The van der Waals surface area contributed by atoms with Crippen molar-refractivity contribution >= 4 is 5.69 Å². The van der Waals surface area contributed by atoms with E-state index in [2.05, 4.69) is 17.3 Å². The maximum atomic E-state index is 12.6. The zero-order valence-corrected chi connectivity index (χ0v) is 15.5. The van der Waals surface area contributed by atoms with Gasteiger partial charge in [0.15, 0.2) is 0 Å². The second kappa shape index (κ2) is 9.11. The molecule has 0 aliphatic heterocycles. The van der Waals surface area contributed by atoms with Crippen molar-refractivity contribution in [1.29, 1.82) is 0 Å². The zero-order chi connectivity index (χ0) is 18.2. The number of methoxy groups -OCH3 is 2. The molecule has 0 unspecified atom stereocenters. The third kappa shape index (κ3) is 4.53. The first-order valence-electron chi connectivity index (χ1n) is 8.68. The van der Waals surface area contributed by atoms with Gasteiger partial charge in [-0.25, -0.2) is 4.68 Å². The summed E-state index contributed by atoms with van der Waals surface area (Å²) in [5.74, 6) is 1.49. The number of aryl methyl sites for hydroxylation is 1. The summed E-state index contributed by atoms with van der Waals surface area (Å²) in [5.41, 5.74) is 2.56. The highest BCUT2D eigenvalue weighted by molar-refractivity contribution is 5.50. The van der Waals surface area contributed by atoms with Gasteiger partial charge in [-0.05, 0) is 25.0 Å². The lowest BCUT2D eigenvalue weighted by atomic mass is 10.1. The number of nitrogens with one attached hydrogen (secondary N) is 1. The molecule has 6 heteroatoms. The molecule has 0 spiro atoms. The van der Waals surface area contributed by atoms with E-state index in [1.807, 2.05) is 25.1 Å². The van der Waals surface area contributed by atoms with Gasteiger partial charge < -0.3 is 14.8 Å². The monoisotopic (exact) mass is 345 g/mol. The Hall–Kier alpha value is -2.50. The molecule has 0 saturated carbocycles. The fourth-order valence-electron chi connectivity index (χ4n) is 2.73. The summed E-state index contributed by atoms with van der Waals surface area (Å²) in [6.07, 6.45) is 4.27. The number of hydrogen-bond acceptors (Lipinski definition) is 5. The molecule has 6 nitrogen and oxygen atoms in total. The smallest absolute Gasteiger partial charge is 0.272 e. The van der Waals surface area contributed by atoms with Crippen LogP contribution in [-0.2, 0) is 19.5 Å². The van der Waals surface area contributed by atoms with Crippen molar-refractivity contribution in [3.05, 3.63) is 45.9 Å². The Morgan fingerprint density at radius 1 is 1.16 bits per heavy atom. The van der Waals surface area contributed by atoms with E-state index in [0.717, 1.165) is 47.6 Å². The summed E-state index contributed by atoms with van der Waals surface area (Å²) in [4.78, 5) is 12.6. The quantitative estimate of drug-likeness (QED) is 0.756. The molecule has 0 bridgehead atoms. The first-order chi connectivity index (χ1) is 12.1. The average Bonchev–Trinajstić information content (AvgIpc) is 2.64. The predicted molar refractivity (Wildman–Crippen MR) is 99.7 cm³/mol. The third-order valence-electron chi connectivity index (χ3n) is 4.04. The van der Waals surface area contributed by atoms with Crippen LogP contribution in [0.25, 0.3) is 0 Å². The lowest BCUT2D eigenvalue weighted by Crippen LogP contribution is -2.27. The van der Waals surface area contributed by atoms with Gasteiger partial charge in [0.25, 0.3) is 5.56 Å². The number of benzene rings is 1. The average molecular weight is 345 g/mol. The van der Waals surface area contributed by atoms with Crippen molar-refractivity contribution in [2.75, 3.05) is 19.5 Å². The molecule has 1 aromatic heterocycles. The van der Waals surface area contributed by atoms with Crippen molar-refractivity contribution in [3.8, 4) is 11.5 Å². The molecule has 0 amide bonds. The molecule has 1 N–H and O–H groups in total. The van der Waals surface area contributed by atoms with E-state index in [9.17, 15) is 4.79 Å². The predicted octanol–water partition coefficient (Wildman–Crippen LogP) is 3.24. The van der Waals surface area contributed by atoms with Gasteiger partial charge in [-0.2, -0.15) is 5.10 Å². The van der Waals surface area contributed by atoms with Crippen LogP contribution in [0, 0.1) is 0 Å². The minimum absolute atomic E-state index is 0.00426. The molecule has 2 aromatic rings. The van der Waals surface area contributed by atoms with Gasteiger partial charge in [-0.15, -0.1) is 0 Å². The first kappa shape index (κ1) is 18.8. The Kier molecular flexibility index (Phi) is 6.86. The SMILES string of the molecule is CCCc1c(NCc2ccc(OC)cc2OC)cnn(CCC)c1=O. The number of ether oxygens (including phenoxy) is 2. The highest BCUT2D eigenvalue weighted by Gasteiger charge is 2.12. The zero-order valence-electron chi connectivity index (χ0n) is 15.5. The molecule has 0 aliphatic carbocycles. The highest BCUT2D eigenvalue weighted by Crippen LogP contribution is 2.25. The molecule has 1 heterocycles. The Labute approximate surface area is 148 Å². The Morgan fingerprint density at radius 3 is 2.60 bits per heavy atom. The van der Waals surface area contributed by atoms with E-state index in [0.29, 0.717) is 13.1 Å². The molecule has 0 saturated heterocycles. The largest absolute Gasteiger partial charge is 0.497 e. The van der Waals surface area contributed by atoms with Gasteiger partial charge in [0.2, 0.25) is 0 Å². The number of hydrogen-bond donors (Lipinski definition) is 1. The second-order valence-corrected chi connectivity index (χ2v) is 5.85. The lowest BCUT2D eigenvalue weighted by Gasteiger charge is -2.15. The van der Waals surface area contributed by atoms with Crippen molar-refractivity contribution in [1.82, 2.24) is 9.78 Å². The maximum Gasteiger partial charge on any atom is 0.272 e. The number of rotatable bonds is 9. The van der Waals surface area contributed by atoms with Crippen molar-refractivity contribution in [2.45, 2.75) is 46.2 Å². The summed E-state index contributed by atoms with van der Waals surface area (Å²) in [6, 6.07) is 5.70. The van der Waals surface area contributed by atoms with Crippen molar-refractivity contribution in [2.24, 2.45) is 0 Å². The lowest BCUT2D eigenvalue weighted by molar-refractivity contribution is 0.391. The molecule has 0 radical (unpaired) electrons. The van der Waals surface area contributed by atoms with Gasteiger partial charge in [0.05, 0.1) is 26.1 Å². The summed E-state index contributed by atoms with van der Waals surface area (Å²) < 4.78 is 12.2. The molecule has 136 valence electrons. The molecule has 1 aromatic carbocycles. The third-order valence-corrected chi connectivity index (χ3v) is 4.04. The van der Waals surface area contributed by atoms with E-state index in [-0.39, 0.29) is 5.56 Å². The number of nitrogens with zero attached hydrogens (tertiary/aromatic N) is 2. The van der Waals surface area contributed by atoms with Crippen LogP contribution in [0.15, 0.2) is 29.2 Å². The van der Waals surface area contributed by atoms with Crippen LogP contribution >= 0.6 is 0 Å². The highest BCUT2D eigenvalue weighted by atomic mass is 16.5. The van der Waals surface area contributed by atoms with E-state index >= 15 is 0 Å². The number of aromatic nitrogens is 2. The fourth-order valence-corrected chi connectivity index (χ4v) is 2.73. The molecule has 0 atom stereocenters. The maximum absolute atomic E-state index is 12.6. The summed E-state index contributed by atoms with van der Waals surface area (Å²) in [6.45, 7) is 5.29. The van der Waals surface area contributed by atoms with Gasteiger partial charge in [0.1, 0.15) is 11.5 Å². The standard InChI is InChI=1S/C19H27N3O3/c1-5-7-16-17(13-21-22(10-6-2)19(16)23)20-12-14-8-9-15(24-3)11-18(14)25-4/h8-9,11,13,20H,5-7,10,12H2,1-4H3. The van der Waals surface area contributed by atoms with E-state index in [4.69, 9.17) is 9.47 Å². The second-order valence-electron chi connectivity index (χ2n) is 5.85. The molecular weight excluding hydrogens is 318 g/mol. The number of anilines is 1. The van der Waals surface area contributed by atoms with Gasteiger partial charge >= 0.3 is 0 Å². The van der Waals surface area contributed by atoms with Crippen LogP contribution < -0.4 is 20.3 Å². The molecular formula is C19H27N3O3. The molecule has 0 aliphatic rings. The van der Waals surface area contributed by atoms with Crippen LogP contribution in [0.5, 0.6) is 11.5 Å². The minimum atomic E-state index is -0.00426. The van der Waals surface area contributed by atoms with Gasteiger partial charge in [-0.3, -0.25) is 4.79 Å². The van der Waals surface area contributed by atoms with E-state index in [1.165, 1.54) is 0 Å². The van der Waals surface area contributed by atoms with E-state index in [1.54, 1.807) is 25.1 Å². The Morgan fingerprint density at radius 2 is 1.96 bits per heavy atom. The minimum Gasteiger partial charge on any atom is -0.497 e. The van der Waals surface area contributed by atoms with E-state index < -0.39 is 0 Å². The molecule has 25 heavy (non-hydrogen) atoms. The van der Waals surface area contributed by atoms with Crippen LogP contribution in [0.2, 0.25) is 0 Å². The topological polar surface area (TPSA) is 65.4 Å². The summed E-state index contributed by atoms with van der Waals surface area (Å²) >= 11 is 0. The van der Waals surface area contributed by atoms with Crippen LogP contribution in [0.3, 0.4) is 0 Å². The normalized spacial score (nSPS) is 10.6. The summed E-state index contributed by atoms with van der Waals surface area (Å²) in [5, 5.41) is 7.62. The van der Waals surface area contributed by atoms with Gasteiger partial charge in [-0.1, -0.05) is 20.3 Å².